The summed E-state index contributed by atoms with van der Waals surface area (Å²) in [6, 6.07) is 10.4. The van der Waals surface area contributed by atoms with Crippen molar-refractivity contribution >= 4 is 0 Å². The third-order valence-corrected chi connectivity index (χ3v) is 2.60. The Bertz CT molecular complexity index is 445. The van der Waals surface area contributed by atoms with Gasteiger partial charge < -0.3 is 5.32 Å². The highest BCUT2D eigenvalue weighted by Gasteiger charge is 2.08. The van der Waals surface area contributed by atoms with E-state index in [1.54, 1.807) is 0 Å². The van der Waals surface area contributed by atoms with E-state index in [-0.39, 0.29) is 0 Å². The van der Waals surface area contributed by atoms with Crippen LogP contribution in [0.5, 0.6) is 0 Å². The molecule has 0 fully saturated rings. The van der Waals surface area contributed by atoms with Gasteiger partial charge in [0.05, 0.1) is 5.69 Å². The van der Waals surface area contributed by atoms with Gasteiger partial charge >= 0.3 is 0 Å². The number of nitrogens with zero attached hydrogens (tertiary/aromatic N) is 2. The van der Waals surface area contributed by atoms with Gasteiger partial charge in [0, 0.05) is 31.8 Å². The number of benzene rings is 1. The zero-order valence-electron chi connectivity index (χ0n) is 9.77. The zero-order valence-corrected chi connectivity index (χ0v) is 9.77. The minimum absolute atomic E-state index is 0.955. The van der Waals surface area contributed by atoms with Gasteiger partial charge in [0.15, 0.2) is 0 Å². The number of nitrogens with one attached hydrogen (secondary N) is 1. The van der Waals surface area contributed by atoms with Crippen LogP contribution < -0.4 is 5.32 Å². The van der Waals surface area contributed by atoms with Crippen molar-refractivity contribution < 1.29 is 0 Å². The molecule has 0 aliphatic carbocycles. The summed E-state index contributed by atoms with van der Waals surface area (Å²) >= 11 is 0. The first-order chi connectivity index (χ1) is 7.81. The summed E-state index contributed by atoms with van der Waals surface area (Å²) in [6.07, 6.45) is 3.04. The maximum absolute atomic E-state index is 4.50. The molecule has 1 N–H and O–H groups in total. The monoisotopic (exact) mass is 215 g/mol. The molecule has 3 nitrogen and oxygen atoms in total. The van der Waals surface area contributed by atoms with E-state index < -0.39 is 0 Å². The van der Waals surface area contributed by atoms with Gasteiger partial charge in [-0.3, -0.25) is 4.68 Å². The highest BCUT2D eigenvalue weighted by molar-refractivity contribution is 5.65. The van der Waals surface area contributed by atoms with Crippen molar-refractivity contribution in [1.82, 2.24) is 15.1 Å². The van der Waals surface area contributed by atoms with Crippen LogP contribution in [0.4, 0.5) is 0 Å². The lowest BCUT2D eigenvalue weighted by molar-refractivity contribution is 0.717. The Balaban J connectivity index is 2.33. The molecular weight excluding hydrogens is 198 g/mol. The Kier molecular flexibility index (Phi) is 3.37. The lowest BCUT2D eigenvalue weighted by Crippen LogP contribution is -2.11. The van der Waals surface area contributed by atoms with Crippen LogP contribution in [-0.4, -0.2) is 23.4 Å². The summed E-state index contributed by atoms with van der Waals surface area (Å²) in [7, 11) is 3.93. The first kappa shape index (κ1) is 10.9. The van der Waals surface area contributed by atoms with Gasteiger partial charge in [-0.15, -0.1) is 0 Å². The van der Waals surface area contributed by atoms with Gasteiger partial charge in [-0.25, -0.2) is 0 Å². The van der Waals surface area contributed by atoms with Gasteiger partial charge in [-0.05, 0) is 12.6 Å². The van der Waals surface area contributed by atoms with E-state index in [1.807, 2.05) is 24.8 Å². The fourth-order valence-corrected chi connectivity index (χ4v) is 1.82. The molecule has 0 amide bonds. The Morgan fingerprint density at radius 3 is 2.69 bits per heavy atom. The summed E-state index contributed by atoms with van der Waals surface area (Å²) < 4.78 is 1.88. The van der Waals surface area contributed by atoms with Crippen LogP contribution in [0.3, 0.4) is 0 Å². The summed E-state index contributed by atoms with van der Waals surface area (Å²) in [5, 5.41) is 7.66. The normalized spacial score (nSPS) is 10.6. The third-order valence-electron chi connectivity index (χ3n) is 2.60. The average molecular weight is 215 g/mol. The highest BCUT2D eigenvalue weighted by Crippen LogP contribution is 2.22. The third kappa shape index (κ3) is 2.31. The Morgan fingerprint density at radius 2 is 2.00 bits per heavy atom. The smallest absolute Gasteiger partial charge is 0.0715 e. The van der Waals surface area contributed by atoms with Gasteiger partial charge in [0.2, 0.25) is 0 Å². The quantitative estimate of drug-likeness (QED) is 0.843. The molecule has 0 radical (unpaired) electrons. The Hall–Kier alpha value is -1.61. The van der Waals surface area contributed by atoms with Crippen molar-refractivity contribution in [2.24, 2.45) is 7.05 Å². The Morgan fingerprint density at radius 1 is 1.25 bits per heavy atom. The second kappa shape index (κ2) is 4.94. The van der Waals surface area contributed by atoms with E-state index in [0.717, 1.165) is 18.7 Å². The topological polar surface area (TPSA) is 29.9 Å². The fraction of sp³-hybridized carbons (Fsp3) is 0.308. The minimum atomic E-state index is 0.955. The van der Waals surface area contributed by atoms with Gasteiger partial charge in [0.1, 0.15) is 0 Å². The van der Waals surface area contributed by atoms with Crippen LogP contribution >= 0.6 is 0 Å². The molecule has 1 heterocycles. The maximum atomic E-state index is 4.50. The first-order valence-electron chi connectivity index (χ1n) is 5.54. The molecule has 0 aliphatic rings. The number of hydrogen-bond acceptors (Lipinski definition) is 2. The number of hydrogen-bond donors (Lipinski definition) is 1. The van der Waals surface area contributed by atoms with Crippen LogP contribution in [0.15, 0.2) is 36.5 Å². The number of aryl methyl sites for hydroxylation is 1. The summed E-state index contributed by atoms with van der Waals surface area (Å²) in [6.45, 7) is 0.955. The molecule has 0 bridgehead atoms. The van der Waals surface area contributed by atoms with Gasteiger partial charge in [-0.1, -0.05) is 30.3 Å². The van der Waals surface area contributed by atoms with Crippen molar-refractivity contribution in [3.8, 4) is 11.1 Å². The summed E-state index contributed by atoms with van der Waals surface area (Å²) in [5.74, 6) is 0. The van der Waals surface area contributed by atoms with Gasteiger partial charge in [-0.2, -0.15) is 5.10 Å². The van der Waals surface area contributed by atoms with Crippen molar-refractivity contribution in [1.29, 1.82) is 0 Å². The molecule has 0 saturated carbocycles. The lowest BCUT2D eigenvalue weighted by Gasteiger charge is -2.01. The van der Waals surface area contributed by atoms with Crippen LogP contribution in [0, 0.1) is 0 Å². The zero-order chi connectivity index (χ0) is 11.4. The van der Waals surface area contributed by atoms with E-state index in [2.05, 4.69) is 40.9 Å². The fourth-order valence-electron chi connectivity index (χ4n) is 1.82. The standard InChI is InChI=1S/C13H17N3/c1-14-9-8-13-12(10-16(2)15-13)11-6-4-3-5-7-11/h3-7,10,14H,8-9H2,1-2H3. The molecule has 0 spiro atoms. The summed E-state index contributed by atoms with van der Waals surface area (Å²) in [4.78, 5) is 0. The van der Waals surface area contributed by atoms with Crippen LogP contribution in [0.25, 0.3) is 11.1 Å². The molecule has 1 aromatic carbocycles. The van der Waals surface area contributed by atoms with Crippen molar-refractivity contribution in [2.75, 3.05) is 13.6 Å². The van der Waals surface area contributed by atoms with E-state index >= 15 is 0 Å². The van der Waals surface area contributed by atoms with Crippen molar-refractivity contribution in [2.45, 2.75) is 6.42 Å². The molecule has 0 saturated heterocycles. The number of likely N-dealkylation sites (N-methyl/N-ethyl adjacent to an activating group) is 1. The van der Waals surface area contributed by atoms with Crippen LogP contribution in [0.2, 0.25) is 0 Å². The molecular formula is C13H17N3. The molecule has 2 aromatic rings. The van der Waals surface area contributed by atoms with Crippen molar-refractivity contribution in [3.63, 3.8) is 0 Å². The predicted molar refractivity (Wildman–Crippen MR) is 66.3 cm³/mol. The Labute approximate surface area is 96.1 Å². The SMILES string of the molecule is CNCCc1nn(C)cc1-c1ccccc1. The van der Waals surface area contributed by atoms with Crippen molar-refractivity contribution in [3.05, 3.63) is 42.2 Å². The molecule has 16 heavy (non-hydrogen) atoms. The number of aromatic nitrogens is 2. The number of rotatable bonds is 4. The van der Waals surface area contributed by atoms with Crippen LogP contribution in [0.1, 0.15) is 5.69 Å². The molecule has 1 aromatic heterocycles. The average Bonchev–Trinajstić information content (AvgIpc) is 2.69. The highest BCUT2D eigenvalue weighted by atomic mass is 15.2. The molecule has 2 rings (SSSR count). The molecule has 84 valence electrons. The molecule has 0 aliphatic heterocycles. The maximum Gasteiger partial charge on any atom is 0.0715 e. The molecule has 0 atom stereocenters. The first-order valence-corrected chi connectivity index (χ1v) is 5.54. The van der Waals surface area contributed by atoms with E-state index in [1.165, 1.54) is 11.1 Å². The summed E-state index contributed by atoms with van der Waals surface area (Å²) in [5.41, 5.74) is 3.63. The predicted octanol–water partition coefficient (Wildman–Crippen LogP) is 1.85. The molecule has 3 heteroatoms. The van der Waals surface area contributed by atoms with Gasteiger partial charge in [0.25, 0.3) is 0 Å². The van der Waals surface area contributed by atoms with E-state index in [9.17, 15) is 0 Å². The molecule has 0 unspecified atom stereocenters. The van der Waals surface area contributed by atoms with Crippen LogP contribution in [-0.2, 0) is 13.5 Å². The second-order valence-electron chi connectivity index (χ2n) is 3.88. The minimum Gasteiger partial charge on any atom is -0.319 e. The lowest BCUT2D eigenvalue weighted by atomic mass is 10.1. The van der Waals surface area contributed by atoms with E-state index in [4.69, 9.17) is 0 Å². The largest absolute Gasteiger partial charge is 0.319 e. The second-order valence-corrected chi connectivity index (χ2v) is 3.88. The van der Waals surface area contributed by atoms with E-state index in [0.29, 0.717) is 0 Å².